The third-order valence-corrected chi connectivity index (χ3v) is 6.93. The number of rotatable bonds is 11. The maximum Gasteiger partial charge on any atom is 0.344 e. The molecule has 4 nitrogen and oxygen atoms in total. The van der Waals surface area contributed by atoms with Gasteiger partial charge in [-0.1, -0.05) is 52.2 Å². The normalized spacial score (nSPS) is 22.5. The first-order chi connectivity index (χ1) is 15.1. The highest BCUT2D eigenvalue weighted by Gasteiger charge is 2.39. The summed E-state index contributed by atoms with van der Waals surface area (Å²) in [5.74, 6) is 2.71. The molecule has 0 aromatic heterocycles. The SMILES string of the molecule is CC.CCCCCC(O)CCC1CCC2Cc3c(cccc3OCC(=O)OCC)CC12. The lowest BCUT2D eigenvalue weighted by Crippen LogP contribution is -2.26. The van der Waals surface area contributed by atoms with Crippen LogP contribution in [0.3, 0.4) is 0 Å². The molecule has 1 aromatic rings. The molecule has 0 saturated heterocycles. The predicted octanol–water partition coefficient (Wildman–Crippen LogP) is 6.12. The van der Waals surface area contributed by atoms with Gasteiger partial charge in [-0.05, 0) is 86.8 Å². The number of carbonyl (C=O) groups excluding carboxylic acids is 1. The molecule has 4 atom stereocenters. The predicted molar refractivity (Wildman–Crippen MR) is 126 cm³/mol. The van der Waals surface area contributed by atoms with Crippen LogP contribution in [0, 0.1) is 17.8 Å². The summed E-state index contributed by atoms with van der Waals surface area (Å²) in [6.45, 7) is 8.38. The van der Waals surface area contributed by atoms with Crippen molar-refractivity contribution in [2.75, 3.05) is 13.2 Å². The standard InChI is InChI=1S/C25H38O4.C2H6/c1-3-5-6-9-21(26)14-13-18-11-12-20-16-23-19(15-22(18)20)8-7-10-24(23)29-17-25(27)28-4-2;1-2/h7-8,10,18,20-22,26H,3-6,9,11-17H2,1-2H3;1-2H3. The molecule has 1 aromatic carbocycles. The minimum absolute atomic E-state index is 0.0169. The minimum Gasteiger partial charge on any atom is -0.482 e. The highest BCUT2D eigenvalue weighted by molar-refractivity contribution is 5.71. The van der Waals surface area contributed by atoms with Gasteiger partial charge in [0, 0.05) is 0 Å². The van der Waals surface area contributed by atoms with Crippen LogP contribution in [-0.2, 0) is 22.4 Å². The van der Waals surface area contributed by atoms with Crippen LogP contribution in [0.25, 0.3) is 0 Å². The van der Waals surface area contributed by atoms with E-state index in [-0.39, 0.29) is 18.7 Å². The van der Waals surface area contributed by atoms with Gasteiger partial charge in [-0.25, -0.2) is 4.79 Å². The molecular weight excluding hydrogens is 388 g/mol. The van der Waals surface area contributed by atoms with Crippen LogP contribution in [0.5, 0.6) is 5.75 Å². The summed E-state index contributed by atoms with van der Waals surface area (Å²) in [5, 5.41) is 10.3. The second-order valence-electron chi connectivity index (χ2n) is 8.88. The van der Waals surface area contributed by atoms with E-state index in [0.717, 1.165) is 56.1 Å². The molecule has 0 aliphatic heterocycles. The molecule has 4 heteroatoms. The Balaban J connectivity index is 0.00000166. The number of aliphatic hydroxyl groups excluding tert-OH is 1. The molecule has 2 aliphatic rings. The molecule has 1 saturated carbocycles. The molecule has 2 aliphatic carbocycles. The monoisotopic (exact) mass is 432 g/mol. The van der Waals surface area contributed by atoms with E-state index >= 15 is 0 Å². The Morgan fingerprint density at radius 2 is 1.94 bits per heavy atom. The van der Waals surface area contributed by atoms with E-state index in [2.05, 4.69) is 13.0 Å². The highest BCUT2D eigenvalue weighted by atomic mass is 16.6. The van der Waals surface area contributed by atoms with E-state index in [1.54, 1.807) is 0 Å². The quantitative estimate of drug-likeness (QED) is 0.338. The zero-order valence-electron chi connectivity index (χ0n) is 20.2. The number of benzene rings is 1. The number of esters is 1. The maximum atomic E-state index is 11.7. The van der Waals surface area contributed by atoms with Gasteiger partial charge in [0.1, 0.15) is 5.75 Å². The van der Waals surface area contributed by atoms with Gasteiger partial charge in [-0.2, -0.15) is 0 Å². The Morgan fingerprint density at radius 3 is 2.68 bits per heavy atom. The zero-order valence-corrected chi connectivity index (χ0v) is 20.2. The Hall–Kier alpha value is -1.55. The molecule has 176 valence electrons. The van der Waals surface area contributed by atoms with E-state index in [9.17, 15) is 9.90 Å². The van der Waals surface area contributed by atoms with Gasteiger partial charge in [-0.15, -0.1) is 0 Å². The Kier molecular flexibility index (Phi) is 11.4. The minimum atomic E-state index is -0.308. The molecule has 31 heavy (non-hydrogen) atoms. The molecule has 4 unspecified atom stereocenters. The van der Waals surface area contributed by atoms with E-state index in [4.69, 9.17) is 9.47 Å². The van der Waals surface area contributed by atoms with Crippen LogP contribution in [0.4, 0.5) is 0 Å². The fourth-order valence-electron chi connectivity index (χ4n) is 5.39. The summed E-state index contributed by atoms with van der Waals surface area (Å²) >= 11 is 0. The van der Waals surface area contributed by atoms with E-state index in [1.807, 2.05) is 32.9 Å². The second kappa shape index (κ2) is 13.8. The van der Waals surface area contributed by atoms with Crippen LogP contribution in [-0.4, -0.2) is 30.4 Å². The maximum absolute atomic E-state index is 11.7. The van der Waals surface area contributed by atoms with Gasteiger partial charge in [-0.3, -0.25) is 0 Å². The third-order valence-electron chi connectivity index (χ3n) is 6.93. The van der Waals surface area contributed by atoms with E-state index in [1.165, 1.54) is 36.8 Å². The average Bonchev–Trinajstić information content (AvgIpc) is 3.18. The van der Waals surface area contributed by atoms with E-state index < -0.39 is 0 Å². The van der Waals surface area contributed by atoms with Gasteiger partial charge >= 0.3 is 5.97 Å². The number of carbonyl (C=O) groups is 1. The number of fused-ring (bicyclic) bond motifs is 2. The van der Waals surface area contributed by atoms with Crippen LogP contribution in [0.1, 0.15) is 90.2 Å². The summed E-state index contributed by atoms with van der Waals surface area (Å²) < 4.78 is 10.8. The third kappa shape index (κ3) is 7.52. The molecule has 0 spiro atoms. The molecule has 0 heterocycles. The van der Waals surface area contributed by atoms with Gasteiger partial charge < -0.3 is 14.6 Å². The van der Waals surface area contributed by atoms with Crippen molar-refractivity contribution in [2.24, 2.45) is 17.8 Å². The van der Waals surface area contributed by atoms with Crippen molar-refractivity contribution in [3.05, 3.63) is 29.3 Å². The van der Waals surface area contributed by atoms with Crippen molar-refractivity contribution < 1.29 is 19.4 Å². The summed E-state index contributed by atoms with van der Waals surface area (Å²) in [5.41, 5.74) is 2.67. The molecular formula is C27H44O4. The Labute approximate surface area is 189 Å². The summed E-state index contributed by atoms with van der Waals surface area (Å²) in [6, 6.07) is 6.25. The van der Waals surface area contributed by atoms with Gasteiger partial charge in [0.05, 0.1) is 12.7 Å². The lowest BCUT2D eigenvalue weighted by molar-refractivity contribution is -0.145. The summed E-state index contributed by atoms with van der Waals surface area (Å²) in [7, 11) is 0. The van der Waals surface area contributed by atoms with Crippen molar-refractivity contribution in [3.8, 4) is 5.75 Å². The lowest BCUT2D eigenvalue weighted by Gasteiger charge is -2.32. The number of hydrogen-bond donors (Lipinski definition) is 1. The second-order valence-corrected chi connectivity index (χ2v) is 8.88. The van der Waals surface area contributed by atoms with Crippen molar-refractivity contribution in [2.45, 2.75) is 98.0 Å². The average molecular weight is 433 g/mol. The number of hydrogen-bond acceptors (Lipinski definition) is 4. The van der Waals surface area contributed by atoms with Gasteiger partial charge in [0.15, 0.2) is 6.61 Å². The Morgan fingerprint density at radius 1 is 1.13 bits per heavy atom. The Bertz CT molecular complexity index is 657. The number of unbranched alkanes of at least 4 members (excludes halogenated alkanes) is 2. The van der Waals surface area contributed by atoms with Crippen LogP contribution in [0.2, 0.25) is 0 Å². The topological polar surface area (TPSA) is 55.8 Å². The van der Waals surface area contributed by atoms with E-state index in [0.29, 0.717) is 12.5 Å². The first-order valence-electron chi connectivity index (χ1n) is 12.7. The first-order valence-corrected chi connectivity index (χ1v) is 12.7. The molecule has 1 fully saturated rings. The van der Waals surface area contributed by atoms with Crippen molar-refractivity contribution in [1.82, 2.24) is 0 Å². The lowest BCUT2D eigenvalue weighted by atomic mass is 9.73. The molecule has 0 radical (unpaired) electrons. The molecule has 0 amide bonds. The smallest absolute Gasteiger partial charge is 0.344 e. The summed E-state index contributed by atoms with van der Waals surface area (Å²) in [4.78, 5) is 11.7. The van der Waals surface area contributed by atoms with Crippen molar-refractivity contribution >= 4 is 5.97 Å². The number of aliphatic hydroxyl groups is 1. The van der Waals surface area contributed by atoms with Crippen LogP contribution in [0.15, 0.2) is 18.2 Å². The first kappa shape index (κ1) is 25.7. The van der Waals surface area contributed by atoms with Crippen molar-refractivity contribution in [3.63, 3.8) is 0 Å². The van der Waals surface area contributed by atoms with Crippen LogP contribution >= 0.6 is 0 Å². The fourth-order valence-corrected chi connectivity index (χ4v) is 5.39. The van der Waals surface area contributed by atoms with Gasteiger partial charge in [0.25, 0.3) is 0 Å². The number of ether oxygens (including phenoxy) is 2. The molecule has 1 N–H and O–H groups in total. The fraction of sp³-hybridized carbons (Fsp3) is 0.741. The molecule has 0 bridgehead atoms. The molecule has 3 rings (SSSR count). The zero-order chi connectivity index (χ0) is 22.6. The largest absolute Gasteiger partial charge is 0.482 e. The van der Waals surface area contributed by atoms with Crippen LogP contribution < -0.4 is 4.74 Å². The summed E-state index contributed by atoms with van der Waals surface area (Å²) in [6.07, 6.45) is 11.2. The highest BCUT2D eigenvalue weighted by Crippen LogP contribution is 2.48. The van der Waals surface area contributed by atoms with Gasteiger partial charge in [0.2, 0.25) is 0 Å². The van der Waals surface area contributed by atoms with Crippen molar-refractivity contribution in [1.29, 1.82) is 0 Å².